The van der Waals surface area contributed by atoms with Crippen molar-refractivity contribution in [3.05, 3.63) is 71.7 Å². The largest absolute Gasteiger partial charge is 0.322 e. The second-order valence-corrected chi connectivity index (χ2v) is 6.88. The van der Waals surface area contributed by atoms with Crippen molar-refractivity contribution in [1.82, 2.24) is 10.2 Å². The normalized spacial score (nSPS) is 12.2. The Balaban J connectivity index is 1.96. The van der Waals surface area contributed by atoms with Crippen LogP contribution in [0.25, 0.3) is 11.3 Å². The monoisotopic (exact) mass is 365 g/mol. The minimum Gasteiger partial charge on any atom is -0.322 e. The SMILES string of the molecule is CC[C@@H](C(=O)Nc1c(-c2ccc(F)cc2)n[nH]c1C(C)C)c1ccccc1. The number of hydrogen-bond donors (Lipinski definition) is 2. The van der Waals surface area contributed by atoms with Gasteiger partial charge in [0.2, 0.25) is 5.91 Å². The summed E-state index contributed by atoms with van der Waals surface area (Å²) in [6, 6.07) is 15.9. The van der Waals surface area contributed by atoms with Gasteiger partial charge in [0.05, 0.1) is 17.3 Å². The molecule has 1 aromatic heterocycles. The molecule has 0 unspecified atom stereocenters. The van der Waals surface area contributed by atoms with Gasteiger partial charge in [0, 0.05) is 5.56 Å². The van der Waals surface area contributed by atoms with Crippen molar-refractivity contribution in [3.8, 4) is 11.3 Å². The molecule has 0 aliphatic rings. The Labute approximate surface area is 158 Å². The molecular formula is C22H24FN3O. The van der Waals surface area contributed by atoms with E-state index in [4.69, 9.17) is 0 Å². The lowest BCUT2D eigenvalue weighted by atomic mass is 9.95. The lowest BCUT2D eigenvalue weighted by Gasteiger charge is -2.17. The van der Waals surface area contributed by atoms with Crippen molar-refractivity contribution in [3.63, 3.8) is 0 Å². The highest BCUT2D eigenvalue weighted by Gasteiger charge is 2.24. The molecule has 2 N–H and O–H groups in total. The maximum absolute atomic E-state index is 13.3. The maximum Gasteiger partial charge on any atom is 0.232 e. The predicted octanol–water partition coefficient (Wildman–Crippen LogP) is 5.47. The highest BCUT2D eigenvalue weighted by Crippen LogP contribution is 2.34. The van der Waals surface area contributed by atoms with Crippen LogP contribution in [0.3, 0.4) is 0 Å². The number of rotatable bonds is 6. The van der Waals surface area contributed by atoms with Crippen LogP contribution in [0.15, 0.2) is 54.6 Å². The average molecular weight is 365 g/mol. The minimum absolute atomic E-state index is 0.0737. The first-order valence-electron chi connectivity index (χ1n) is 9.21. The first-order chi connectivity index (χ1) is 13.0. The van der Waals surface area contributed by atoms with E-state index in [1.165, 1.54) is 12.1 Å². The fourth-order valence-corrected chi connectivity index (χ4v) is 3.18. The Morgan fingerprint density at radius 3 is 2.37 bits per heavy atom. The highest BCUT2D eigenvalue weighted by molar-refractivity contribution is 5.99. The summed E-state index contributed by atoms with van der Waals surface area (Å²) in [4.78, 5) is 13.0. The molecule has 0 radical (unpaired) electrons. The van der Waals surface area contributed by atoms with Gasteiger partial charge in [0.1, 0.15) is 11.5 Å². The Morgan fingerprint density at radius 2 is 1.78 bits per heavy atom. The number of amides is 1. The summed E-state index contributed by atoms with van der Waals surface area (Å²) >= 11 is 0. The fourth-order valence-electron chi connectivity index (χ4n) is 3.18. The first kappa shape index (κ1) is 18.8. The Morgan fingerprint density at radius 1 is 1.11 bits per heavy atom. The Hall–Kier alpha value is -2.95. The second kappa shape index (κ2) is 8.16. The number of hydrogen-bond acceptors (Lipinski definition) is 2. The molecule has 0 saturated heterocycles. The number of anilines is 1. The van der Waals surface area contributed by atoms with Crippen molar-refractivity contribution in [2.45, 2.75) is 39.0 Å². The molecule has 1 heterocycles. The summed E-state index contributed by atoms with van der Waals surface area (Å²) < 4.78 is 13.3. The third-order valence-corrected chi connectivity index (χ3v) is 4.66. The van der Waals surface area contributed by atoms with Crippen LogP contribution in [0, 0.1) is 5.82 Å². The second-order valence-electron chi connectivity index (χ2n) is 6.88. The number of carbonyl (C=O) groups is 1. The molecule has 140 valence electrons. The van der Waals surface area contributed by atoms with Gasteiger partial charge < -0.3 is 5.32 Å². The smallest absolute Gasteiger partial charge is 0.232 e. The standard InChI is InChI=1S/C22H24FN3O/c1-4-18(15-8-6-5-7-9-15)22(27)24-21-19(14(2)3)25-26-20(21)16-10-12-17(23)13-11-16/h5-14,18H,4H2,1-3H3,(H,24,27)(H,25,26)/t18-/m1/s1. The lowest BCUT2D eigenvalue weighted by molar-refractivity contribution is -0.117. The minimum atomic E-state index is -0.306. The zero-order valence-corrected chi connectivity index (χ0v) is 15.8. The number of H-pyrrole nitrogens is 1. The van der Waals surface area contributed by atoms with Crippen LogP contribution in [-0.2, 0) is 4.79 Å². The molecule has 0 saturated carbocycles. The summed E-state index contributed by atoms with van der Waals surface area (Å²) in [6.07, 6.45) is 0.691. The third-order valence-electron chi connectivity index (χ3n) is 4.66. The van der Waals surface area contributed by atoms with Crippen LogP contribution >= 0.6 is 0 Å². The van der Waals surface area contributed by atoms with Crippen molar-refractivity contribution in [2.75, 3.05) is 5.32 Å². The first-order valence-corrected chi connectivity index (χ1v) is 9.21. The molecule has 3 rings (SSSR count). The molecule has 1 amide bonds. The number of carbonyl (C=O) groups excluding carboxylic acids is 1. The molecular weight excluding hydrogens is 341 g/mol. The van der Waals surface area contributed by atoms with Gasteiger partial charge in [0.25, 0.3) is 0 Å². The van der Waals surface area contributed by atoms with Gasteiger partial charge in [-0.25, -0.2) is 4.39 Å². The summed E-state index contributed by atoms with van der Waals surface area (Å²) in [5, 5.41) is 10.5. The van der Waals surface area contributed by atoms with Crippen molar-refractivity contribution >= 4 is 11.6 Å². The van der Waals surface area contributed by atoms with E-state index < -0.39 is 0 Å². The number of aromatic amines is 1. The van der Waals surface area contributed by atoms with E-state index in [1.807, 2.05) is 51.1 Å². The van der Waals surface area contributed by atoms with Gasteiger partial charge in [-0.3, -0.25) is 9.89 Å². The molecule has 0 aliphatic heterocycles. The van der Waals surface area contributed by atoms with E-state index in [9.17, 15) is 9.18 Å². The van der Waals surface area contributed by atoms with Crippen LogP contribution in [0.2, 0.25) is 0 Å². The third kappa shape index (κ3) is 4.08. The van der Waals surface area contributed by atoms with Gasteiger partial charge in [-0.1, -0.05) is 51.1 Å². The quantitative estimate of drug-likeness (QED) is 0.608. The van der Waals surface area contributed by atoms with Crippen LogP contribution in [0.5, 0.6) is 0 Å². The highest BCUT2D eigenvalue weighted by atomic mass is 19.1. The molecule has 5 heteroatoms. The van der Waals surface area contributed by atoms with E-state index in [-0.39, 0.29) is 23.6 Å². The van der Waals surface area contributed by atoms with Crippen molar-refractivity contribution < 1.29 is 9.18 Å². The van der Waals surface area contributed by atoms with Gasteiger partial charge >= 0.3 is 0 Å². The van der Waals surface area contributed by atoms with Crippen molar-refractivity contribution in [2.24, 2.45) is 0 Å². The lowest BCUT2D eigenvalue weighted by Crippen LogP contribution is -2.21. The van der Waals surface area contributed by atoms with Gasteiger partial charge in [0.15, 0.2) is 0 Å². The van der Waals surface area contributed by atoms with Gasteiger partial charge in [-0.15, -0.1) is 0 Å². The predicted molar refractivity (Wildman–Crippen MR) is 106 cm³/mol. The molecule has 27 heavy (non-hydrogen) atoms. The number of halogens is 1. The molecule has 0 fully saturated rings. The molecule has 0 bridgehead atoms. The molecule has 3 aromatic rings. The number of nitrogens with zero attached hydrogens (tertiary/aromatic N) is 1. The van der Waals surface area contributed by atoms with Crippen LogP contribution in [-0.4, -0.2) is 16.1 Å². The van der Waals surface area contributed by atoms with E-state index in [0.717, 1.165) is 16.8 Å². The molecule has 4 nitrogen and oxygen atoms in total. The maximum atomic E-state index is 13.3. The molecule has 2 aromatic carbocycles. The van der Waals surface area contributed by atoms with Crippen LogP contribution < -0.4 is 5.32 Å². The van der Waals surface area contributed by atoms with E-state index in [0.29, 0.717) is 17.8 Å². The van der Waals surface area contributed by atoms with Crippen LogP contribution in [0.4, 0.5) is 10.1 Å². The summed E-state index contributed by atoms with van der Waals surface area (Å²) in [5.41, 5.74) is 3.87. The Kier molecular flexibility index (Phi) is 5.69. The molecule has 0 aliphatic carbocycles. The van der Waals surface area contributed by atoms with Gasteiger partial charge in [-0.05, 0) is 42.2 Å². The summed E-state index contributed by atoms with van der Waals surface area (Å²) in [6.45, 7) is 6.06. The molecule has 0 spiro atoms. The summed E-state index contributed by atoms with van der Waals surface area (Å²) in [5.74, 6) is -0.476. The van der Waals surface area contributed by atoms with Crippen molar-refractivity contribution in [1.29, 1.82) is 0 Å². The van der Waals surface area contributed by atoms with E-state index >= 15 is 0 Å². The zero-order chi connectivity index (χ0) is 19.4. The zero-order valence-electron chi connectivity index (χ0n) is 15.8. The topological polar surface area (TPSA) is 57.8 Å². The fraction of sp³-hybridized carbons (Fsp3) is 0.273. The number of aromatic nitrogens is 2. The Bertz CT molecular complexity index is 901. The molecule has 1 atom stereocenters. The average Bonchev–Trinajstić information content (AvgIpc) is 3.07. The van der Waals surface area contributed by atoms with E-state index in [1.54, 1.807) is 12.1 Å². The number of nitrogens with one attached hydrogen (secondary N) is 2. The number of benzene rings is 2. The van der Waals surface area contributed by atoms with Gasteiger partial charge in [-0.2, -0.15) is 5.10 Å². The van der Waals surface area contributed by atoms with E-state index in [2.05, 4.69) is 15.5 Å². The summed E-state index contributed by atoms with van der Waals surface area (Å²) in [7, 11) is 0. The van der Waals surface area contributed by atoms with Crippen LogP contribution in [0.1, 0.15) is 50.3 Å².